The lowest BCUT2D eigenvalue weighted by Crippen LogP contribution is -2.26. The number of aliphatic hydroxyl groups excluding tert-OH is 1. The maximum Gasteiger partial charge on any atom is 0.469 e. The average Bonchev–Trinajstić information content (AvgIpc) is 2.99. The van der Waals surface area contributed by atoms with Gasteiger partial charge in [0.25, 0.3) is 5.56 Å². The molecule has 23 heavy (non-hydrogen) atoms. The van der Waals surface area contributed by atoms with Gasteiger partial charge in [-0.15, -0.1) is 0 Å². The number of aromatic amines is 1. The lowest BCUT2D eigenvalue weighted by atomic mass is 10.2. The number of nitrogens with one attached hydrogen (secondary N) is 1. The molecule has 3 heterocycles. The van der Waals surface area contributed by atoms with Gasteiger partial charge < -0.3 is 25.4 Å². The van der Waals surface area contributed by atoms with Crippen LogP contribution in [0.5, 0.6) is 0 Å². The van der Waals surface area contributed by atoms with Crippen LogP contribution in [0.15, 0.2) is 11.0 Å². The first-order valence-electron chi connectivity index (χ1n) is 6.51. The van der Waals surface area contributed by atoms with Gasteiger partial charge in [-0.2, -0.15) is 10.1 Å². The standard InChI is InChI=1S/C10H14N5O7P/c11-10-13-8-4(9(17)14-10)2-12-15(8)7-1-5(16)6(22-7)3-21-23(18,19)20/h2,5-7,16H,1,3H2,(H2,18,19,20)(H3,11,13,14,17)/t5-,6+,7+/m0/s1. The van der Waals surface area contributed by atoms with Crippen molar-refractivity contribution in [2.24, 2.45) is 0 Å². The third-order valence-electron chi connectivity index (χ3n) is 3.37. The van der Waals surface area contributed by atoms with Crippen LogP contribution < -0.4 is 11.3 Å². The second kappa shape index (κ2) is 5.67. The van der Waals surface area contributed by atoms with Gasteiger partial charge in [-0.05, 0) is 0 Å². The van der Waals surface area contributed by atoms with E-state index >= 15 is 0 Å². The fraction of sp³-hybridized carbons (Fsp3) is 0.500. The first-order valence-corrected chi connectivity index (χ1v) is 8.04. The van der Waals surface area contributed by atoms with E-state index in [0.29, 0.717) is 0 Å². The molecule has 0 aromatic carbocycles. The van der Waals surface area contributed by atoms with E-state index in [1.54, 1.807) is 0 Å². The summed E-state index contributed by atoms with van der Waals surface area (Å²) in [4.78, 5) is 35.4. The molecule has 1 fully saturated rings. The van der Waals surface area contributed by atoms with Gasteiger partial charge in [-0.3, -0.25) is 14.3 Å². The summed E-state index contributed by atoms with van der Waals surface area (Å²) in [5.41, 5.74) is 5.22. The van der Waals surface area contributed by atoms with E-state index in [4.69, 9.17) is 20.3 Å². The van der Waals surface area contributed by atoms with E-state index in [1.165, 1.54) is 10.9 Å². The molecule has 0 aliphatic carbocycles. The Morgan fingerprint density at radius 1 is 1.57 bits per heavy atom. The summed E-state index contributed by atoms with van der Waals surface area (Å²) in [7, 11) is -4.66. The van der Waals surface area contributed by atoms with Gasteiger partial charge in [0.15, 0.2) is 11.9 Å². The summed E-state index contributed by atoms with van der Waals surface area (Å²) < 4.78 is 21.8. The van der Waals surface area contributed by atoms with E-state index in [0.717, 1.165) is 0 Å². The second-order valence-corrected chi connectivity index (χ2v) is 6.24. The van der Waals surface area contributed by atoms with E-state index in [9.17, 15) is 14.5 Å². The fourth-order valence-electron chi connectivity index (χ4n) is 2.35. The minimum Gasteiger partial charge on any atom is -0.390 e. The maximum atomic E-state index is 11.7. The van der Waals surface area contributed by atoms with Crippen molar-refractivity contribution in [1.82, 2.24) is 19.7 Å². The molecule has 126 valence electrons. The second-order valence-electron chi connectivity index (χ2n) is 5.00. The normalized spacial score (nSPS) is 25.3. The number of nitrogens with two attached hydrogens (primary N) is 1. The molecule has 1 aliphatic heterocycles. The monoisotopic (exact) mass is 347 g/mol. The van der Waals surface area contributed by atoms with Gasteiger partial charge in [0.05, 0.1) is 18.9 Å². The van der Waals surface area contributed by atoms with Crippen molar-refractivity contribution in [3.8, 4) is 0 Å². The van der Waals surface area contributed by atoms with E-state index in [1.807, 2.05) is 0 Å². The summed E-state index contributed by atoms with van der Waals surface area (Å²) in [6.07, 6.45) is -1.38. The molecule has 1 aliphatic rings. The highest BCUT2D eigenvalue weighted by atomic mass is 31.2. The number of aromatic nitrogens is 4. The largest absolute Gasteiger partial charge is 0.469 e. The Balaban J connectivity index is 1.84. The number of aliphatic hydroxyl groups is 1. The Labute approximate surface area is 128 Å². The van der Waals surface area contributed by atoms with Crippen molar-refractivity contribution in [3.05, 3.63) is 16.6 Å². The minimum absolute atomic E-state index is 0.0837. The fourth-order valence-corrected chi connectivity index (χ4v) is 2.69. The Morgan fingerprint density at radius 3 is 3.00 bits per heavy atom. The molecule has 0 amide bonds. The van der Waals surface area contributed by atoms with Crippen LogP contribution in [0.25, 0.3) is 11.0 Å². The molecule has 0 bridgehead atoms. The number of ether oxygens (including phenoxy) is 1. The number of nitrogens with zero attached hydrogens (tertiary/aromatic N) is 3. The molecule has 3 atom stereocenters. The van der Waals surface area contributed by atoms with Gasteiger partial charge in [-0.1, -0.05) is 0 Å². The minimum atomic E-state index is -4.66. The van der Waals surface area contributed by atoms with E-state index < -0.39 is 38.4 Å². The summed E-state index contributed by atoms with van der Waals surface area (Å²) in [6, 6.07) is 0. The van der Waals surface area contributed by atoms with Crippen LogP contribution in [0, 0.1) is 0 Å². The average molecular weight is 347 g/mol. The van der Waals surface area contributed by atoms with E-state index in [2.05, 4.69) is 19.6 Å². The number of hydrogen-bond acceptors (Lipinski definition) is 8. The van der Waals surface area contributed by atoms with E-state index in [-0.39, 0.29) is 23.4 Å². The molecule has 2 aromatic heterocycles. The summed E-state index contributed by atoms with van der Waals surface area (Å²) in [6.45, 7) is -0.489. The zero-order valence-corrected chi connectivity index (χ0v) is 12.5. The zero-order valence-electron chi connectivity index (χ0n) is 11.6. The predicted molar refractivity (Wildman–Crippen MR) is 75.1 cm³/mol. The Hall–Kier alpha value is -1.82. The quantitative estimate of drug-likeness (QED) is 0.406. The van der Waals surface area contributed by atoms with Crippen LogP contribution in [0.1, 0.15) is 12.6 Å². The smallest absolute Gasteiger partial charge is 0.390 e. The van der Waals surface area contributed by atoms with Crippen LogP contribution in [0.3, 0.4) is 0 Å². The van der Waals surface area contributed by atoms with Crippen LogP contribution in [-0.4, -0.2) is 53.5 Å². The first kappa shape index (κ1) is 16.1. The molecule has 0 spiro atoms. The van der Waals surface area contributed by atoms with Crippen molar-refractivity contribution in [2.45, 2.75) is 24.9 Å². The number of anilines is 1. The first-order chi connectivity index (χ1) is 10.7. The van der Waals surface area contributed by atoms with Gasteiger partial charge in [0.2, 0.25) is 5.95 Å². The van der Waals surface area contributed by atoms with Crippen LogP contribution in [-0.2, 0) is 13.8 Å². The highest BCUT2D eigenvalue weighted by Gasteiger charge is 2.37. The molecule has 6 N–H and O–H groups in total. The summed E-state index contributed by atoms with van der Waals surface area (Å²) in [5, 5.41) is 14.1. The lowest BCUT2D eigenvalue weighted by molar-refractivity contribution is -0.0462. The van der Waals surface area contributed by atoms with Crippen molar-refractivity contribution >= 4 is 24.8 Å². The third kappa shape index (κ3) is 3.27. The molecule has 0 radical (unpaired) electrons. The van der Waals surface area contributed by atoms with Crippen molar-refractivity contribution < 1.29 is 28.7 Å². The molecule has 13 heteroatoms. The number of rotatable bonds is 4. The Morgan fingerprint density at radius 2 is 2.30 bits per heavy atom. The third-order valence-corrected chi connectivity index (χ3v) is 3.85. The highest BCUT2D eigenvalue weighted by molar-refractivity contribution is 7.46. The maximum absolute atomic E-state index is 11.7. The van der Waals surface area contributed by atoms with Gasteiger partial charge in [-0.25, -0.2) is 9.25 Å². The van der Waals surface area contributed by atoms with Gasteiger partial charge in [0.1, 0.15) is 11.5 Å². The number of nitrogen functional groups attached to an aromatic ring is 1. The van der Waals surface area contributed by atoms with Crippen LogP contribution >= 0.6 is 7.82 Å². The zero-order chi connectivity index (χ0) is 16.8. The number of hydrogen-bond donors (Lipinski definition) is 5. The molecular formula is C10H14N5O7P. The van der Waals surface area contributed by atoms with Gasteiger partial charge in [0, 0.05) is 6.42 Å². The molecule has 3 rings (SSSR count). The Kier molecular flexibility index (Phi) is 3.96. The van der Waals surface area contributed by atoms with Gasteiger partial charge >= 0.3 is 7.82 Å². The molecule has 1 saturated heterocycles. The molecule has 2 aromatic rings. The number of phosphoric acid groups is 1. The highest BCUT2D eigenvalue weighted by Crippen LogP contribution is 2.38. The summed E-state index contributed by atoms with van der Waals surface area (Å²) in [5.74, 6) is -0.0934. The predicted octanol–water partition coefficient (Wildman–Crippen LogP) is -1.54. The van der Waals surface area contributed by atoms with Crippen molar-refractivity contribution in [2.75, 3.05) is 12.3 Å². The molecule has 0 saturated carbocycles. The molecule has 0 unspecified atom stereocenters. The van der Waals surface area contributed by atoms with Crippen molar-refractivity contribution in [1.29, 1.82) is 0 Å². The van der Waals surface area contributed by atoms with Crippen LogP contribution in [0.2, 0.25) is 0 Å². The summed E-state index contributed by atoms with van der Waals surface area (Å²) >= 11 is 0. The number of fused-ring (bicyclic) bond motifs is 1. The lowest BCUT2D eigenvalue weighted by Gasteiger charge is -2.15. The number of phosphoric ester groups is 1. The molecular weight excluding hydrogens is 333 g/mol. The van der Waals surface area contributed by atoms with Crippen LogP contribution in [0.4, 0.5) is 5.95 Å². The van der Waals surface area contributed by atoms with Crippen molar-refractivity contribution in [3.63, 3.8) is 0 Å². The number of H-pyrrole nitrogens is 1. The Bertz CT molecular complexity index is 829. The topological polar surface area (TPSA) is 186 Å². The molecule has 12 nitrogen and oxygen atoms in total. The SMILES string of the molecule is Nc1nc2c(cnn2[C@H]2C[C@H](O)[C@@H](COP(=O)(O)O)O2)c(=O)[nH]1.